The second kappa shape index (κ2) is 6.84. The third-order valence-electron chi connectivity index (χ3n) is 3.31. The first kappa shape index (κ1) is 16.2. The van der Waals surface area contributed by atoms with Crippen molar-refractivity contribution in [2.24, 2.45) is 0 Å². The zero-order valence-corrected chi connectivity index (χ0v) is 14.2. The Morgan fingerprint density at radius 2 is 1.88 bits per heavy atom. The van der Waals surface area contributed by atoms with Crippen molar-refractivity contribution in [2.45, 2.75) is 19.9 Å². The molecule has 24 heavy (non-hydrogen) atoms. The van der Waals surface area contributed by atoms with Gasteiger partial charge in [0.05, 0.1) is 5.69 Å². The molecule has 1 aromatic heterocycles. The number of carbonyl (C=O) groups excluding carboxylic acids is 1. The van der Waals surface area contributed by atoms with E-state index >= 15 is 0 Å². The minimum Gasteiger partial charge on any atom is -0.347 e. The van der Waals surface area contributed by atoms with Crippen molar-refractivity contribution in [3.05, 3.63) is 65.4 Å². The van der Waals surface area contributed by atoms with E-state index in [1.54, 1.807) is 16.8 Å². The fraction of sp³-hybridized carbons (Fsp3) is 0.167. The Hall–Kier alpha value is -2.66. The number of amides is 1. The van der Waals surface area contributed by atoms with Crippen molar-refractivity contribution in [1.29, 1.82) is 0 Å². The van der Waals surface area contributed by atoms with Gasteiger partial charge in [0.25, 0.3) is 5.91 Å². The molecule has 0 saturated carbocycles. The minimum absolute atomic E-state index is 0.01000. The molecule has 0 aliphatic heterocycles. The minimum atomic E-state index is -0.303. The summed E-state index contributed by atoms with van der Waals surface area (Å²) in [4.78, 5) is 16.7. The third kappa shape index (κ3) is 3.46. The summed E-state index contributed by atoms with van der Waals surface area (Å²) >= 11 is 6.09. The van der Waals surface area contributed by atoms with Gasteiger partial charge in [-0.15, -0.1) is 5.10 Å². The average molecular weight is 341 g/mol. The molecule has 1 amide bonds. The van der Waals surface area contributed by atoms with E-state index < -0.39 is 0 Å². The summed E-state index contributed by atoms with van der Waals surface area (Å²) in [5.41, 5.74) is 1.62. The molecule has 122 valence electrons. The summed E-state index contributed by atoms with van der Waals surface area (Å²) in [5, 5.41) is 7.79. The van der Waals surface area contributed by atoms with Crippen molar-refractivity contribution in [3.8, 4) is 17.1 Å². The van der Waals surface area contributed by atoms with E-state index in [1.165, 1.54) is 0 Å². The molecule has 0 aliphatic rings. The first-order chi connectivity index (χ1) is 11.5. The lowest BCUT2D eigenvalue weighted by molar-refractivity contribution is 0.0932. The van der Waals surface area contributed by atoms with E-state index in [1.807, 2.05) is 56.3 Å². The summed E-state index contributed by atoms with van der Waals surface area (Å²) in [7, 11) is 0. The van der Waals surface area contributed by atoms with Crippen LogP contribution in [0.2, 0.25) is 5.02 Å². The van der Waals surface area contributed by atoms with Crippen LogP contribution in [0.15, 0.2) is 54.6 Å². The lowest BCUT2D eigenvalue weighted by atomic mass is 10.2. The van der Waals surface area contributed by atoms with Gasteiger partial charge in [-0.1, -0.05) is 48.0 Å². The number of hydrogen-bond acceptors (Lipinski definition) is 3. The molecule has 0 radical (unpaired) electrons. The topological polar surface area (TPSA) is 59.8 Å². The van der Waals surface area contributed by atoms with Gasteiger partial charge in [-0.2, -0.15) is 0 Å². The highest BCUT2D eigenvalue weighted by Gasteiger charge is 2.19. The molecule has 6 heteroatoms. The van der Waals surface area contributed by atoms with Gasteiger partial charge in [0, 0.05) is 16.6 Å². The van der Waals surface area contributed by atoms with Crippen LogP contribution in [0, 0.1) is 0 Å². The van der Waals surface area contributed by atoms with E-state index in [-0.39, 0.29) is 17.8 Å². The number of nitrogens with one attached hydrogen (secondary N) is 1. The molecule has 0 atom stereocenters. The van der Waals surface area contributed by atoms with Crippen molar-refractivity contribution >= 4 is 17.5 Å². The Kier molecular flexibility index (Phi) is 4.62. The van der Waals surface area contributed by atoms with Gasteiger partial charge in [0.15, 0.2) is 5.82 Å². The van der Waals surface area contributed by atoms with E-state index in [4.69, 9.17) is 11.6 Å². The Morgan fingerprint density at radius 1 is 1.12 bits per heavy atom. The molecular formula is C18H17ClN4O. The second-order valence-corrected chi connectivity index (χ2v) is 6.08. The Morgan fingerprint density at radius 3 is 2.54 bits per heavy atom. The standard InChI is InChI=1S/C18H17ClN4O/c1-12(2)20-18(24)16-21-17(13-7-4-3-5-8-13)23(22-16)15-10-6-9-14(19)11-15/h3-12H,1-2H3,(H,20,24). The zero-order chi connectivity index (χ0) is 17.1. The molecule has 0 bridgehead atoms. The lowest BCUT2D eigenvalue weighted by Gasteiger charge is -2.06. The maximum atomic E-state index is 12.3. The third-order valence-corrected chi connectivity index (χ3v) is 3.55. The number of hydrogen-bond donors (Lipinski definition) is 1. The molecule has 1 N–H and O–H groups in total. The molecule has 0 aliphatic carbocycles. The zero-order valence-electron chi connectivity index (χ0n) is 13.4. The highest BCUT2D eigenvalue weighted by Crippen LogP contribution is 2.22. The quantitative estimate of drug-likeness (QED) is 0.787. The van der Waals surface area contributed by atoms with E-state index in [9.17, 15) is 4.79 Å². The van der Waals surface area contributed by atoms with Crippen molar-refractivity contribution in [1.82, 2.24) is 20.1 Å². The van der Waals surface area contributed by atoms with E-state index in [2.05, 4.69) is 15.4 Å². The Labute approximate surface area is 145 Å². The van der Waals surface area contributed by atoms with E-state index in [0.29, 0.717) is 10.8 Å². The maximum Gasteiger partial charge on any atom is 0.291 e. The van der Waals surface area contributed by atoms with Crippen LogP contribution in [0.25, 0.3) is 17.1 Å². The van der Waals surface area contributed by atoms with Gasteiger partial charge in [-0.05, 0) is 32.0 Å². The molecule has 0 spiro atoms. The van der Waals surface area contributed by atoms with Crippen molar-refractivity contribution < 1.29 is 4.79 Å². The highest BCUT2D eigenvalue weighted by molar-refractivity contribution is 6.30. The van der Waals surface area contributed by atoms with Crippen LogP contribution in [0.4, 0.5) is 0 Å². The average Bonchev–Trinajstić information content (AvgIpc) is 3.00. The van der Waals surface area contributed by atoms with Crippen LogP contribution in [0.1, 0.15) is 24.5 Å². The number of halogens is 1. The highest BCUT2D eigenvalue weighted by atomic mass is 35.5. The monoisotopic (exact) mass is 340 g/mol. The van der Waals surface area contributed by atoms with Crippen LogP contribution in [0.5, 0.6) is 0 Å². The smallest absolute Gasteiger partial charge is 0.291 e. The SMILES string of the molecule is CC(C)NC(=O)c1nc(-c2ccccc2)n(-c2cccc(Cl)c2)n1. The molecule has 3 aromatic rings. The van der Waals surface area contributed by atoms with Crippen LogP contribution >= 0.6 is 11.6 Å². The van der Waals surface area contributed by atoms with E-state index in [0.717, 1.165) is 11.3 Å². The fourth-order valence-electron chi connectivity index (χ4n) is 2.30. The molecule has 2 aromatic carbocycles. The van der Waals surface area contributed by atoms with Crippen LogP contribution in [0.3, 0.4) is 0 Å². The molecular weight excluding hydrogens is 324 g/mol. The lowest BCUT2D eigenvalue weighted by Crippen LogP contribution is -2.31. The van der Waals surface area contributed by atoms with Gasteiger partial charge in [-0.3, -0.25) is 4.79 Å². The summed E-state index contributed by atoms with van der Waals surface area (Å²) in [6.45, 7) is 3.79. The van der Waals surface area contributed by atoms with Crippen LogP contribution in [-0.4, -0.2) is 26.7 Å². The summed E-state index contributed by atoms with van der Waals surface area (Å²) < 4.78 is 1.64. The Bertz CT molecular complexity index is 858. The number of rotatable bonds is 4. The summed E-state index contributed by atoms with van der Waals surface area (Å²) in [5.74, 6) is 0.414. The Balaban J connectivity index is 2.12. The van der Waals surface area contributed by atoms with Gasteiger partial charge >= 0.3 is 0 Å². The number of benzene rings is 2. The van der Waals surface area contributed by atoms with Crippen molar-refractivity contribution in [2.75, 3.05) is 0 Å². The van der Waals surface area contributed by atoms with Gasteiger partial charge in [0.1, 0.15) is 0 Å². The van der Waals surface area contributed by atoms with Crippen LogP contribution < -0.4 is 5.32 Å². The summed E-state index contributed by atoms with van der Waals surface area (Å²) in [6.07, 6.45) is 0. The second-order valence-electron chi connectivity index (χ2n) is 5.64. The normalized spacial score (nSPS) is 10.8. The first-order valence-electron chi connectivity index (χ1n) is 7.64. The van der Waals surface area contributed by atoms with Gasteiger partial charge in [-0.25, -0.2) is 9.67 Å². The van der Waals surface area contributed by atoms with Gasteiger partial charge in [0.2, 0.25) is 5.82 Å². The number of nitrogens with zero attached hydrogens (tertiary/aromatic N) is 3. The molecule has 0 unspecified atom stereocenters. The fourth-order valence-corrected chi connectivity index (χ4v) is 2.48. The van der Waals surface area contributed by atoms with Gasteiger partial charge < -0.3 is 5.32 Å². The number of carbonyl (C=O) groups is 1. The summed E-state index contributed by atoms with van der Waals surface area (Å²) in [6, 6.07) is 16.9. The number of aromatic nitrogens is 3. The molecule has 1 heterocycles. The van der Waals surface area contributed by atoms with Crippen LogP contribution in [-0.2, 0) is 0 Å². The molecule has 5 nitrogen and oxygen atoms in total. The molecule has 0 saturated heterocycles. The maximum absolute atomic E-state index is 12.3. The molecule has 0 fully saturated rings. The molecule has 3 rings (SSSR count). The predicted molar refractivity (Wildman–Crippen MR) is 94.4 cm³/mol. The first-order valence-corrected chi connectivity index (χ1v) is 8.01. The largest absolute Gasteiger partial charge is 0.347 e. The van der Waals surface area contributed by atoms with Crippen molar-refractivity contribution in [3.63, 3.8) is 0 Å². The predicted octanol–water partition coefficient (Wildman–Crippen LogP) is 3.73.